The number of benzene rings is 1. The molecule has 0 fully saturated rings. The van der Waals surface area contributed by atoms with Crippen molar-refractivity contribution in [3.8, 4) is 16.3 Å². The summed E-state index contributed by atoms with van der Waals surface area (Å²) in [6, 6.07) is 12.3. The van der Waals surface area contributed by atoms with E-state index in [0.29, 0.717) is 5.01 Å². The number of ether oxygens (including phenoxy) is 1. The summed E-state index contributed by atoms with van der Waals surface area (Å²) >= 11 is 1.34. The van der Waals surface area contributed by atoms with Gasteiger partial charge in [0.15, 0.2) is 0 Å². The Bertz CT molecular complexity index is 878. The second-order valence-electron chi connectivity index (χ2n) is 4.89. The lowest BCUT2D eigenvalue weighted by Gasteiger charge is -2.05. The lowest BCUT2D eigenvalue weighted by atomic mass is 10.2. The molecule has 0 aliphatic carbocycles. The number of rotatable bonds is 4. The Labute approximate surface area is 147 Å². The first kappa shape index (κ1) is 16.6. The Kier molecular flexibility index (Phi) is 5.00. The summed E-state index contributed by atoms with van der Waals surface area (Å²) in [5.41, 5.74) is 5.94. The van der Waals surface area contributed by atoms with E-state index < -0.39 is 11.8 Å². The number of carbonyl (C=O) groups excluding carboxylic acids is 2. The van der Waals surface area contributed by atoms with E-state index in [-0.39, 0.29) is 11.4 Å². The van der Waals surface area contributed by atoms with Crippen molar-refractivity contribution in [2.75, 3.05) is 7.11 Å². The van der Waals surface area contributed by atoms with Crippen LogP contribution in [-0.2, 0) is 0 Å². The van der Waals surface area contributed by atoms with E-state index in [1.54, 1.807) is 30.7 Å². The molecule has 2 N–H and O–H groups in total. The van der Waals surface area contributed by atoms with Crippen LogP contribution in [0.15, 0.2) is 54.0 Å². The second kappa shape index (κ2) is 7.54. The van der Waals surface area contributed by atoms with E-state index >= 15 is 0 Å². The Morgan fingerprint density at radius 3 is 2.36 bits per heavy atom. The average Bonchev–Trinajstić information content (AvgIpc) is 3.17. The van der Waals surface area contributed by atoms with Crippen molar-refractivity contribution in [1.29, 1.82) is 0 Å². The lowest BCUT2D eigenvalue weighted by Crippen LogP contribution is -2.42. The zero-order valence-corrected chi connectivity index (χ0v) is 14.0. The molecule has 0 saturated carbocycles. The zero-order chi connectivity index (χ0) is 17.6. The molecule has 0 aliphatic heterocycles. The fourth-order valence-corrected chi connectivity index (χ4v) is 2.79. The zero-order valence-electron chi connectivity index (χ0n) is 13.2. The molecule has 0 unspecified atom stereocenters. The number of aromatic nitrogens is 2. The quantitative estimate of drug-likeness (QED) is 0.701. The van der Waals surface area contributed by atoms with Crippen molar-refractivity contribution in [3.63, 3.8) is 0 Å². The molecule has 0 aliphatic rings. The van der Waals surface area contributed by atoms with Gasteiger partial charge in [0.1, 0.15) is 22.1 Å². The summed E-state index contributed by atoms with van der Waals surface area (Å²) < 4.78 is 5.11. The summed E-state index contributed by atoms with van der Waals surface area (Å²) in [5, 5.41) is 2.32. The highest BCUT2D eigenvalue weighted by molar-refractivity contribution is 7.13. The van der Waals surface area contributed by atoms with Gasteiger partial charge in [-0.25, -0.2) is 4.98 Å². The number of thiazole rings is 1. The van der Waals surface area contributed by atoms with Crippen LogP contribution < -0.4 is 15.6 Å². The SMILES string of the molecule is COc1ccc(-c2nc(C(=O)NNC(=O)c3ccccn3)cs2)cc1. The number of hydrazine groups is 1. The Morgan fingerprint density at radius 1 is 1.00 bits per heavy atom. The number of methoxy groups -OCH3 is 1. The topological polar surface area (TPSA) is 93.2 Å². The highest BCUT2D eigenvalue weighted by Gasteiger charge is 2.13. The van der Waals surface area contributed by atoms with Gasteiger partial charge in [0.05, 0.1) is 7.11 Å². The van der Waals surface area contributed by atoms with Gasteiger partial charge in [0, 0.05) is 17.1 Å². The molecule has 0 saturated heterocycles. The van der Waals surface area contributed by atoms with Gasteiger partial charge in [0.25, 0.3) is 11.8 Å². The first-order chi connectivity index (χ1) is 12.2. The van der Waals surface area contributed by atoms with Crippen molar-refractivity contribution in [1.82, 2.24) is 20.8 Å². The highest BCUT2D eigenvalue weighted by atomic mass is 32.1. The van der Waals surface area contributed by atoms with Gasteiger partial charge in [-0.15, -0.1) is 11.3 Å². The van der Waals surface area contributed by atoms with Gasteiger partial charge in [0.2, 0.25) is 0 Å². The van der Waals surface area contributed by atoms with Crippen LogP contribution in [-0.4, -0.2) is 28.9 Å². The van der Waals surface area contributed by atoms with Gasteiger partial charge in [-0.1, -0.05) is 6.07 Å². The smallest absolute Gasteiger partial charge is 0.289 e. The monoisotopic (exact) mass is 354 g/mol. The van der Waals surface area contributed by atoms with Gasteiger partial charge >= 0.3 is 0 Å². The first-order valence-corrected chi connectivity index (χ1v) is 8.17. The fourth-order valence-electron chi connectivity index (χ4n) is 1.98. The number of hydrogen-bond donors (Lipinski definition) is 2. The molecule has 0 atom stereocenters. The average molecular weight is 354 g/mol. The summed E-state index contributed by atoms with van der Waals surface area (Å²) in [6.45, 7) is 0. The number of carbonyl (C=O) groups is 2. The maximum absolute atomic E-state index is 12.1. The van der Waals surface area contributed by atoms with E-state index in [2.05, 4.69) is 20.8 Å². The maximum Gasteiger partial charge on any atom is 0.289 e. The standard InChI is InChI=1S/C17H14N4O3S/c1-24-12-7-5-11(6-8-12)17-19-14(10-25-17)16(23)21-20-15(22)13-4-2-3-9-18-13/h2-10H,1H3,(H,20,22)(H,21,23). The third-order valence-electron chi connectivity index (χ3n) is 3.26. The maximum atomic E-state index is 12.1. The Morgan fingerprint density at radius 2 is 1.72 bits per heavy atom. The normalized spacial score (nSPS) is 10.1. The second-order valence-corrected chi connectivity index (χ2v) is 5.75. The molecule has 2 heterocycles. The van der Waals surface area contributed by atoms with E-state index in [1.165, 1.54) is 17.5 Å². The number of nitrogens with one attached hydrogen (secondary N) is 2. The van der Waals surface area contributed by atoms with Crippen molar-refractivity contribution < 1.29 is 14.3 Å². The molecule has 25 heavy (non-hydrogen) atoms. The minimum Gasteiger partial charge on any atom is -0.497 e. The molecule has 0 spiro atoms. The van der Waals surface area contributed by atoms with Crippen LogP contribution in [0, 0.1) is 0 Å². The van der Waals surface area contributed by atoms with Crippen molar-refractivity contribution in [2.45, 2.75) is 0 Å². The minimum absolute atomic E-state index is 0.208. The van der Waals surface area contributed by atoms with E-state index in [9.17, 15) is 9.59 Å². The number of pyridine rings is 1. The third-order valence-corrected chi connectivity index (χ3v) is 4.15. The van der Waals surface area contributed by atoms with E-state index in [4.69, 9.17) is 4.74 Å². The van der Waals surface area contributed by atoms with E-state index in [1.807, 2.05) is 24.3 Å². The molecule has 3 aromatic rings. The van der Waals surface area contributed by atoms with Gasteiger partial charge in [-0.05, 0) is 36.4 Å². The number of nitrogens with zero attached hydrogens (tertiary/aromatic N) is 2. The predicted molar refractivity (Wildman–Crippen MR) is 93.3 cm³/mol. The van der Waals surface area contributed by atoms with E-state index in [0.717, 1.165) is 11.3 Å². The molecule has 8 heteroatoms. The van der Waals surface area contributed by atoms with Crippen LogP contribution in [0.3, 0.4) is 0 Å². The van der Waals surface area contributed by atoms with Crippen LogP contribution in [0.1, 0.15) is 21.0 Å². The summed E-state index contributed by atoms with van der Waals surface area (Å²) in [6.07, 6.45) is 1.50. The molecule has 126 valence electrons. The molecule has 1 aromatic carbocycles. The summed E-state index contributed by atoms with van der Waals surface area (Å²) in [7, 11) is 1.60. The van der Waals surface area contributed by atoms with Gasteiger partial charge in [-0.2, -0.15) is 0 Å². The molecule has 0 radical (unpaired) electrons. The molecule has 7 nitrogen and oxygen atoms in total. The lowest BCUT2D eigenvalue weighted by molar-refractivity contribution is 0.0841. The van der Waals surface area contributed by atoms with Crippen LogP contribution in [0.5, 0.6) is 5.75 Å². The van der Waals surface area contributed by atoms with Crippen LogP contribution in [0.4, 0.5) is 0 Å². The Balaban J connectivity index is 1.63. The Hall–Kier alpha value is -3.26. The minimum atomic E-state index is -0.500. The number of amides is 2. The summed E-state index contributed by atoms with van der Waals surface area (Å²) in [5.74, 6) is -0.254. The van der Waals surface area contributed by atoms with Crippen LogP contribution in [0.2, 0.25) is 0 Å². The largest absolute Gasteiger partial charge is 0.497 e. The molecular formula is C17H14N4O3S. The van der Waals surface area contributed by atoms with Crippen molar-refractivity contribution >= 4 is 23.2 Å². The highest BCUT2D eigenvalue weighted by Crippen LogP contribution is 2.25. The summed E-state index contributed by atoms with van der Waals surface area (Å²) in [4.78, 5) is 32.1. The van der Waals surface area contributed by atoms with Gasteiger partial charge in [-0.3, -0.25) is 25.4 Å². The van der Waals surface area contributed by atoms with Crippen LogP contribution >= 0.6 is 11.3 Å². The van der Waals surface area contributed by atoms with Crippen molar-refractivity contribution in [2.24, 2.45) is 0 Å². The van der Waals surface area contributed by atoms with Gasteiger partial charge < -0.3 is 4.74 Å². The fraction of sp³-hybridized carbons (Fsp3) is 0.0588. The van der Waals surface area contributed by atoms with Crippen LogP contribution in [0.25, 0.3) is 10.6 Å². The third kappa shape index (κ3) is 3.99. The first-order valence-electron chi connectivity index (χ1n) is 7.29. The molecular weight excluding hydrogens is 340 g/mol. The molecule has 3 rings (SSSR count). The number of hydrogen-bond acceptors (Lipinski definition) is 6. The molecule has 0 bridgehead atoms. The molecule has 2 amide bonds. The van der Waals surface area contributed by atoms with Crippen molar-refractivity contribution in [3.05, 3.63) is 65.4 Å². The predicted octanol–water partition coefficient (Wildman–Crippen LogP) is 2.29. The molecule has 2 aromatic heterocycles.